The second kappa shape index (κ2) is 7.50. The molecule has 5 heteroatoms. The zero-order valence-corrected chi connectivity index (χ0v) is 16.7. The Kier molecular flexibility index (Phi) is 5.50. The average molecular weight is 392 g/mol. The van der Waals surface area contributed by atoms with E-state index in [0.717, 1.165) is 28.9 Å². The lowest BCUT2D eigenvalue weighted by Gasteiger charge is -2.38. The Morgan fingerprint density at radius 1 is 1.23 bits per heavy atom. The van der Waals surface area contributed by atoms with Crippen LogP contribution in [-0.2, 0) is 11.2 Å². The van der Waals surface area contributed by atoms with Gasteiger partial charge < -0.3 is 10.1 Å². The number of carbonyl (C=O) groups excluding carboxylic acids is 1. The number of halogens is 2. The Balaban J connectivity index is 1.69. The summed E-state index contributed by atoms with van der Waals surface area (Å²) in [4.78, 5) is 12.5. The molecular formula is C21H23Cl2NO2. The molecule has 138 valence electrons. The van der Waals surface area contributed by atoms with E-state index < -0.39 is 0 Å². The molecule has 0 aromatic heterocycles. The van der Waals surface area contributed by atoms with Crippen molar-refractivity contribution in [1.82, 2.24) is 5.32 Å². The molecule has 3 rings (SSSR count). The summed E-state index contributed by atoms with van der Waals surface area (Å²) < 4.78 is 6.09. The topological polar surface area (TPSA) is 38.3 Å². The molecule has 0 aliphatic carbocycles. The molecule has 1 amide bonds. The van der Waals surface area contributed by atoms with E-state index >= 15 is 0 Å². The summed E-state index contributed by atoms with van der Waals surface area (Å²) in [6.07, 6.45) is 1.69. The van der Waals surface area contributed by atoms with E-state index in [2.05, 4.69) is 5.32 Å². The summed E-state index contributed by atoms with van der Waals surface area (Å²) in [5.41, 5.74) is 2.78. The molecule has 2 aromatic carbocycles. The number of carbonyl (C=O) groups is 1. The number of ether oxygens (including phenoxy) is 1. The summed E-state index contributed by atoms with van der Waals surface area (Å²) in [7, 11) is 0. The van der Waals surface area contributed by atoms with Crippen LogP contribution < -0.4 is 10.1 Å². The van der Waals surface area contributed by atoms with Crippen molar-refractivity contribution >= 4 is 29.1 Å². The number of amides is 1. The van der Waals surface area contributed by atoms with Crippen LogP contribution in [0.1, 0.15) is 49.4 Å². The molecule has 0 saturated heterocycles. The van der Waals surface area contributed by atoms with E-state index in [9.17, 15) is 4.79 Å². The summed E-state index contributed by atoms with van der Waals surface area (Å²) in [5.74, 6) is 0.859. The third-order valence-electron chi connectivity index (χ3n) is 4.60. The molecule has 0 radical (unpaired) electrons. The van der Waals surface area contributed by atoms with Gasteiger partial charge in [0, 0.05) is 28.5 Å². The number of fused-ring (bicyclic) bond motifs is 1. The third kappa shape index (κ3) is 4.52. The minimum atomic E-state index is -0.321. The Hall–Kier alpha value is -1.71. The molecule has 0 bridgehead atoms. The molecule has 0 spiro atoms. The van der Waals surface area contributed by atoms with Gasteiger partial charge in [0.25, 0.3) is 0 Å². The van der Waals surface area contributed by atoms with Gasteiger partial charge in [-0.05, 0) is 56.5 Å². The lowest BCUT2D eigenvalue weighted by Crippen LogP contribution is -2.41. The summed E-state index contributed by atoms with van der Waals surface area (Å²) in [5, 5.41) is 4.36. The van der Waals surface area contributed by atoms with Gasteiger partial charge in [0.1, 0.15) is 11.4 Å². The zero-order valence-electron chi connectivity index (χ0n) is 15.2. The maximum absolute atomic E-state index is 12.5. The van der Waals surface area contributed by atoms with E-state index in [0.29, 0.717) is 22.9 Å². The first-order valence-electron chi connectivity index (χ1n) is 8.76. The van der Waals surface area contributed by atoms with Crippen LogP contribution in [0.15, 0.2) is 36.4 Å². The van der Waals surface area contributed by atoms with E-state index in [4.69, 9.17) is 27.9 Å². The van der Waals surface area contributed by atoms with Gasteiger partial charge in [-0.2, -0.15) is 0 Å². The van der Waals surface area contributed by atoms with Crippen molar-refractivity contribution in [2.45, 2.75) is 51.7 Å². The Bertz CT molecular complexity index is 833. The first-order valence-corrected chi connectivity index (χ1v) is 9.52. The highest BCUT2D eigenvalue weighted by Crippen LogP contribution is 2.40. The van der Waals surface area contributed by atoms with Crippen molar-refractivity contribution in [2.75, 3.05) is 0 Å². The predicted molar refractivity (Wildman–Crippen MR) is 106 cm³/mol. The predicted octanol–water partition coefficient (Wildman–Crippen LogP) is 5.65. The molecule has 0 unspecified atom stereocenters. The lowest BCUT2D eigenvalue weighted by molar-refractivity contribution is -0.122. The summed E-state index contributed by atoms with van der Waals surface area (Å²) in [6.45, 7) is 6.13. The molecule has 1 atom stereocenters. The number of nitrogens with one attached hydrogen (secondary N) is 1. The summed E-state index contributed by atoms with van der Waals surface area (Å²) >= 11 is 12.1. The Morgan fingerprint density at radius 3 is 2.73 bits per heavy atom. The van der Waals surface area contributed by atoms with Crippen LogP contribution in [0, 0.1) is 6.92 Å². The second-order valence-corrected chi connectivity index (χ2v) is 8.31. The van der Waals surface area contributed by atoms with Crippen LogP contribution in [0.2, 0.25) is 10.0 Å². The molecule has 2 aromatic rings. The van der Waals surface area contributed by atoms with Crippen molar-refractivity contribution in [1.29, 1.82) is 0 Å². The molecule has 1 aliphatic rings. The molecule has 0 saturated carbocycles. The highest BCUT2D eigenvalue weighted by Gasteiger charge is 2.34. The molecule has 26 heavy (non-hydrogen) atoms. The third-order valence-corrected chi connectivity index (χ3v) is 5.19. The van der Waals surface area contributed by atoms with Gasteiger partial charge in [0.2, 0.25) is 5.91 Å². The Morgan fingerprint density at radius 2 is 2.00 bits per heavy atom. The highest BCUT2D eigenvalue weighted by atomic mass is 35.5. The monoisotopic (exact) mass is 391 g/mol. The van der Waals surface area contributed by atoms with Crippen molar-refractivity contribution in [3.05, 3.63) is 63.1 Å². The largest absolute Gasteiger partial charge is 0.487 e. The van der Waals surface area contributed by atoms with Crippen molar-refractivity contribution in [3.8, 4) is 5.75 Å². The average Bonchev–Trinajstić information content (AvgIpc) is 2.52. The van der Waals surface area contributed by atoms with Crippen LogP contribution in [-0.4, -0.2) is 11.5 Å². The minimum Gasteiger partial charge on any atom is -0.487 e. The molecule has 1 aliphatic heterocycles. The smallest absolute Gasteiger partial charge is 0.220 e. The fourth-order valence-electron chi connectivity index (χ4n) is 3.33. The van der Waals surface area contributed by atoms with Crippen LogP contribution in [0.3, 0.4) is 0 Å². The Labute approximate surface area is 164 Å². The van der Waals surface area contributed by atoms with Crippen molar-refractivity contribution in [2.24, 2.45) is 0 Å². The fourth-order valence-corrected chi connectivity index (χ4v) is 3.83. The van der Waals surface area contributed by atoms with E-state index in [1.165, 1.54) is 0 Å². The lowest BCUT2D eigenvalue weighted by atomic mass is 9.89. The minimum absolute atomic E-state index is 0.00485. The van der Waals surface area contributed by atoms with E-state index in [1.807, 2.05) is 45.0 Å². The van der Waals surface area contributed by atoms with Crippen LogP contribution in [0.5, 0.6) is 5.75 Å². The van der Waals surface area contributed by atoms with E-state index in [-0.39, 0.29) is 17.6 Å². The van der Waals surface area contributed by atoms with Gasteiger partial charge in [-0.15, -0.1) is 0 Å². The van der Waals surface area contributed by atoms with E-state index in [1.54, 1.807) is 12.1 Å². The number of rotatable bonds is 4. The molecule has 1 N–H and O–H groups in total. The van der Waals surface area contributed by atoms with Crippen molar-refractivity contribution < 1.29 is 9.53 Å². The van der Waals surface area contributed by atoms with Crippen molar-refractivity contribution in [3.63, 3.8) is 0 Å². The molecule has 0 fully saturated rings. The van der Waals surface area contributed by atoms with Crippen LogP contribution in [0.25, 0.3) is 0 Å². The standard InChI is InChI=1S/C21H23Cl2NO2/c1-13-4-8-16-18(12-21(2,3)26-19(16)10-13)24-20(25)9-6-14-5-7-15(22)11-17(14)23/h4-5,7-8,10-11,18H,6,9,12H2,1-3H3,(H,24,25)/t18-/m1/s1. The maximum Gasteiger partial charge on any atom is 0.220 e. The molecule has 3 nitrogen and oxygen atoms in total. The highest BCUT2D eigenvalue weighted by molar-refractivity contribution is 6.35. The fraction of sp³-hybridized carbons (Fsp3) is 0.381. The quantitative estimate of drug-likeness (QED) is 0.730. The van der Waals surface area contributed by atoms with Gasteiger partial charge in [0.15, 0.2) is 0 Å². The van der Waals surface area contributed by atoms with Crippen LogP contribution >= 0.6 is 23.2 Å². The SMILES string of the molecule is Cc1ccc2c(c1)OC(C)(C)C[C@H]2NC(=O)CCc1ccc(Cl)cc1Cl. The summed E-state index contributed by atoms with van der Waals surface area (Å²) in [6, 6.07) is 11.4. The first-order chi connectivity index (χ1) is 12.2. The second-order valence-electron chi connectivity index (χ2n) is 7.46. The molecule has 1 heterocycles. The van der Waals surface area contributed by atoms with Gasteiger partial charge in [-0.3, -0.25) is 4.79 Å². The first kappa shape index (κ1) is 19.1. The normalized spacial score (nSPS) is 18.0. The maximum atomic E-state index is 12.5. The van der Waals surface area contributed by atoms with Gasteiger partial charge >= 0.3 is 0 Å². The number of hydrogen-bond donors (Lipinski definition) is 1. The van der Waals surface area contributed by atoms with Gasteiger partial charge in [-0.1, -0.05) is 41.4 Å². The number of hydrogen-bond acceptors (Lipinski definition) is 2. The molecular weight excluding hydrogens is 369 g/mol. The van der Waals surface area contributed by atoms with Gasteiger partial charge in [0.05, 0.1) is 6.04 Å². The number of benzene rings is 2. The number of aryl methyl sites for hydroxylation is 2. The zero-order chi connectivity index (χ0) is 18.9. The van der Waals surface area contributed by atoms with Crippen LogP contribution in [0.4, 0.5) is 0 Å². The van der Waals surface area contributed by atoms with Gasteiger partial charge in [-0.25, -0.2) is 0 Å².